The highest BCUT2D eigenvalue weighted by atomic mass is 15.1. The SMILES string of the molecule is CC1(C)c2cccc(-c3ccccc3)c2-c2cc(N(c3ccc(-c4ccccc4)cc3)c3ccc4c(c3)C3(c5ccccc5-c5ccccc53)c3ccccc3-4)c3ccccc3c21. The molecule has 0 heterocycles. The molecule has 0 amide bonds. The van der Waals surface area contributed by atoms with Crippen LogP contribution < -0.4 is 4.90 Å². The molecular formula is C62H43N. The third kappa shape index (κ3) is 4.94. The molecule has 1 nitrogen and oxygen atoms in total. The minimum atomic E-state index is -0.453. The summed E-state index contributed by atoms with van der Waals surface area (Å²) in [5.74, 6) is 0. The molecule has 0 unspecified atom stereocenters. The summed E-state index contributed by atoms with van der Waals surface area (Å²) in [5, 5.41) is 2.53. The molecule has 0 atom stereocenters. The first kappa shape index (κ1) is 36.0. The zero-order chi connectivity index (χ0) is 41.9. The monoisotopic (exact) mass is 801 g/mol. The van der Waals surface area contributed by atoms with Crippen LogP contribution in [0.3, 0.4) is 0 Å². The van der Waals surface area contributed by atoms with Crippen molar-refractivity contribution in [3.8, 4) is 55.6 Å². The summed E-state index contributed by atoms with van der Waals surface area (Å²) in [7, 11) is 0. The molecule has 3 aliphatic carbocycles. The summed E-state index contributed by atoms with van der Waals surface area (Å²) in [6.45, 7) is 4.82. The van der Waals surface area contributed by atoms with Gasteiger partial charge in [-0.2, -0.15) is 0 Å². The van der Waals surface area contributed by atoms with Gasteiger partial charge in [0.25, 0.3) is 0 Å². The molecule has 0 fully saturated rings. The Morgan fingerprint density at radius 1 is 0.317 bits per heavy atom. The van der Waals surface area contributed by atoms with E-state index in [1.807, 2.05) is 0 Å². The van der Waals surface area contributed by atoms with Crippen molar-refractivity contribution >= 4 is 27.8 Å². The minimum absolute atomic E-state index is 0.204. The fourth-order valence-electron chi connectivity index (χ4n) is 11.9. The third-order valence-corrected chi connectivity index (χ3v) is 14.5. The molecule has 10 aromatic carbocycles. The van der Waals surface area contributed by atoms with E-state index in [0.717, 1.165) is 11.4 Å². The van der Waals surface area contributed by atoms with Gasteiger partial charge in [0, 0.05) is 22.2 Å². The number of anilines is 3. The van der Waals surface area contributed by atoms with E-state index in [1.165, 1.54) is 105 Å². The molecule has 0 aliphatic heterocycles. The fraction of sp³-hybridized carbons (Fsp3) is 0.0645. The molecule has 0 saturated heterocycles. The van der Waals surface area contributed by atoms with Gasteiger partial charge in [0.05, 0.1) is 11.1 Å². The number of hydrogen-bond acceptors (Lipinski definition) is 1. The molecule has 0 bridgehead atoms. The van der Waals surface area contributed by atoms with Crippen molar-refractivity contribution in [3.63, 3.8) is 0 Å². The fourth-order valence-corrected chi connectivity index (χ4v) is 11.9. The summed E-state index contributed by atoms with van der Waals surface area (Å²) >= 11 is 0. The molecule has 1 spiro atoms. The third-order valence-electron chi connectivity index (χ3n) is 14.5. The van der Waals surface area contributed by atoms with Gasteiger partial charge in [-0.15, -0.1) is 0 Å². The summed E-state index contributed by atoms with van der Waals surface area (Å²) in [6.07, 6.45) is 0. The highest BCUT2D eigenvalue weighted by Crippen LogP contribution is 2.64. The first-order chi connectivity index (χ1) is 31.0. The van der Waals surface area contributed by atoms with Crippen LogP contribution in [-0.2, 0) is 10.8 Å². The highest BCUT2D eigenvalue weighted by molar-refractivity contribution is 6.09. The van der Waals surface area contributed by atoms with Gasteiger partial charge in [0.15, 0.2) is 0 Å². The molecule has 0 radical (unpaired) electrons. The topological polar surface area (TPSA) is 3.24 Å². The highest BCUT2D eigenvalue weighted by Gasteiger charge is 2.51. The van der Waals surface area contributed by atoms with Crippen molar-refractivity contribution in [3.05, 3.63) is 258 Å². The van der Waals surface area contributed by atoms with E-state index in [1.54, 1.807) is 0 Å². The lowest BCUT2D eigenvalue weighted by atomic mass is 9.70. The van der Waals surface area contributed by atoms with Crippen LogP contribution in [0.15, 0.2) is 224 Å². The van der Waals surface area contributed by atoms with E-state index in [2.05, 4.69) is 243 Å². The zero-order valence-corrected chi connectivity index (χ0v) is 35.3. The van der Waals surface area contributed by atoms with Crippen LogP contribution in [0, 0.1) is 0 Å². The van der Waals surface area contributed by atoms with Crippen LogP contribution in [0.1, 0.15) is 47.2 Å². The van der Waals surface area contributed by atoms with Gasteiger partial charge in [-0.25, -0.2) is 0 Å². The molecule has 0 N–H and O–H groups in total. The van der Waals surface area contributed by atoms with Gasteiger partial charge >= 0.3 is 0 Å². The van der Waals surface area contributed by atoms with Crippen molar-refractivity contribution in [2.75, 3.05) is 4.90 Å². The van der Waals surface area contributed by atoms with E-state index in [4.69, 9.17) is 0 Å². The largest absolute Gasteiger partial charge is 0.310 e. The van der Waals surface area contributed by atoms with Crippen molar-refractivity contribution in [2.45, 2.75) is 24.7 Å². The van der Waals surface area contributed by atoms with E-state index >= 15 is 0 Å². The van der Waals surface area contributed by atoms with Gasteiger partial charge < -0.3 is 4.90 Å². The van der Waals surface area contributed by atoms with Gasteiger partial charge in [-0.05, 0) is 125 Å². The first-order valence-corrected chi connectivity index (χ1v) is 22.2. The van der Waals surface area contributed by atoms with Crippen LogP contribution in [0.4, 0.5) is 17.1 Å². The smallest absolute Gasteiger partial charge is 0.0726 e. The summed E-state index contributed by atoms with van der Waals surface area (Å²) in [6, 6.07) is 83.9. The zero-order valence-electron chi connectivity index (χ0n) is 35.3. The van der Waals surface area contributed by atoms with Crippen molar-refractivity contribution in [1.82, 2.24) is 0 Å². The van der Waals surface area contributed by atoms with Gasteiger partial charge in [-0.3, -0.25) is 0 Å². The molecule has 63 heavy (non-hydrogen) atoms. The molecule has 13 rings (SSSR count). The number of benzene rings is 10. The Bertz CT molecular complexity index is 3400. The number of fused-ring (bicyclic) bond motifs is 15. The lowest BCUT2D eigenvalue weighted by Gasteiger charge is -2.33. The maximum atomic E-state index is 2.54. The van der Waals surface area contributed by atoms with E-state index < -0.39 is 5.41 Å². The second-order valence-corrected chi connectivity index (χ2v) is 17.9. The number of hydrogen-bond donors (Lipinski definition) is 0. The van der Waals surface area contributed by atoms with E-state index in [0.29, 0.717) is 0 Å². The standard InChI is InChI=1S/C62H43N/c1-61(2)56-31-17-27-45(42-20-7-4-8-21-42)59(56)52-39-58(50-25-9-10-26-51(50)60(52)61)63(43-34-32-41(33-35-43)40-18-5-3-6-19-40)44-36-37-49-48-24-13-16-30-55(48)62(57(49)38-44)53-28-14-11-22-46(53)47-23-12-15-29-54(47)62/h3-39H,1-2H3. The summed E-state index contributed by atoms with van der Waals surface area (Å²) < 4.78 is 0. The Balaban J connectivity index is 1.11. The Morgan fingerprint density at radius 3 is 1.43 bits per heavy atom. The normalized spacial score (nSPS) is 14.1. The Morgan fingerprint density at radius 2 is 0.794 bits per heavy atom. The van der Waals surface area contributed by atoms with Gasteiger partial charge in [0.1, 0.15) is 0 Å². The Kier molecular flexibility index (Phi) is 7.64. The van der Waals surface area contributed by atoms with Crippen LogP contribution >= 0.6 is 0 Å². The van der Waals surface area contributed by atoms with Crippen LogP contribution in [0.2, 0.25) is 0 Å². The van der Waals surface area contributed by atoms with Crippen LogP contribution in [0.25, 0.3) is 66.4 Å². The quantitative estimate of drug-likeness (QED) is 0.168. The lowest BCUT2D eigenvalue weighted by molar-refractivity contribution is 0.666. The lowest BCUT2D eigenvalue weighted by Crippen LogP contribution is -2.26. The molecular weight excluding hydrogens is 759 g/mol. The minimum Gasteiger partial charge on any atom is -0.310 e. The van der Waals surface area contributed by atoms with Gasteiger partial charge in [0.2, 0.25) is 0 Å². The first-order valence-electron chi connectivity index (χ1n) is 22.2. The Hall–Kier alpha value is -7.74. The predicted octanol–water partition coefficient (Wildman–Crippen LogP) is 16.3. The van der Waals surface area contributed by atoms with Gasteiger partial charge in [-0.1, -0.05) is 208 Å². The van der Waals surface area contributed by atoms with Crippen LogP contribution in [-0.4, -0.2) is 0 Å². The maximum Gasteiger partial charge on any atom is 0.0726 e. The average Bonchev–Trinajstić information content (AvgIpc) is 3.90. The maximum absolute atomic E-state index is 2.54. The molecule has 3 aliphatic rings. The number of rotatable bonds is 5. The summed E-state index contributed by atoms with van der Waals surface area (Å²) in [4.78, 5) is 2.54. The molecule has 10 aromatic rings. The Labute approximate surface area is 369 Å². The van der Waals surface area contributed by atoms with E-state index in [-0.39, 0.29) is 5.41 Å². The second kappa shape index (κ2) is 13.4. The van der Waals surface area contributed by atoms with E-state index in [9.17, 15) is 0 Å². The van der Waals surface area contributed by atoms with Crippen LogP contribution in [0.5, 0.6) is 0 Å². The predicted molar refractivity (Wildman–Crippen MR) is 263 cm³/mol. The second-order valence-electron chi connectivity index (χ2n) is 17.9. The van der Waals surface area contributed by atoms with Crippen molar-refractivity contribution in [1.29, 1.82) is 0 Å². The molecule has 0 aromatic heterocycles. The molecule has 296 valence electrons. The molecule has 0 saturated carbocycles. The van der Waals surface area contributed by atoms with Crippen molar-refractivity contribution < 1.29 is 0 Å². The summed E-state index contributed by atoms with van der Waals surface area (Å²) in [5.41, 5.74) is 23.7. The number of nitrogens with zero attached hydrogens (tertiary/aromatic N) is 1. The molecule has 1 heteroatoms. The average molecular weight is 802 g/mol. The van der Waals surface area contributed by atoms with Crippen molar-refractivity contribution in [2.24, 2.45) is 0 Å².